The molecule has 1 aromatic heterocycles. The summed E-state index contributed by atoms with van der Waals surface area (Å²) >= 11 is 1.34. The maximum atomic E-state index is 11.3. The standard InChI is InChI=1S/C10H16N4O2S/c1-2-3-7-6-9(16)13-10(12-7)17-5-4-8(15)14-11/h6H,2-5,11H2,1H3,(H,14,15)(H,12,13,16). The SMILES string of the molecule is CCCc1cc(=O)[nH]c(SCCC(=O)NN)n1. The Morgan fingerprint density at radius 2 is 2.41 bits per heavy atom. The first-order chi connectivity index (χ1) is 8.15. The molecule has 0 aliphatic rings. The highest BCUT2D eigenvalue weighted by Gasteiger charge is 2.03. The van der Waals surface area contributed by atoms with Crippen molar-refractivity contribution in [1.82, 2.24) is 15.4 Å². The van der Waals surface area contributed by atoms with E-state index >= 15 is 0 Å². The van der Waals surface area contributed by atoms with E-state index in [1.165, 1.54) is 17.8 Å². The number of nitrogens with one attached hydrogen (secondary N) is 2. The van der Waals surface area contributed by atoms with Crippen LogP contribution in [-0.4, -0.2) is 21.6 Å². The topological polar surface area (TPSA) is 101 Å². The zero-order chi connectivity index (χ0) is 12.7. The number of nitrogens with zero attached hydrogens (tertiary/aromatic N) is 1. The number of rotatable bonds is 6. The summed E-state index contributed by atoms with van der Waals surface area (Å²) in [7, 11) is 0. The van der Waals surface area contributed by atoms with Gasteiger partial charge in [0.05, 0.1) is 0 Å². The van der Waals surface area contributed by atoms with Crippen LogP contribution in [-0.2, 0) is 11.2 Å². The molecular weight excluding hydrogens is 240 g/mol. The minimum Gasteiger partial charge on any atom is -0.301 e. The average Bonchev–Trinajstić information content (AvgIpc) is 2.28. The quantitative estimate of drug-likeness (QED) is 0.222. The molecule has 0 aliphatic heterocycles. The summed E-state index contributed by atoms with van der Waals surface area (Å²) in [6, 6.07) is 1.50. The molecular formula is C10H16N4O2S. The molecule has 17 heavy (non-hydrogen) atoms. The monoisotopic (exact) mass is 256 g/mol. The number of amides is 1. The number of aromatic amines is 1. The molecule has 0 radical (unpaired) electrons. The minimum absolute atomic E-state index is 0.158. The normalized spacial score (nSPS) is 10.2. The second kappa shape index (κ2) is 7.08. The smallest absolute Gasteiger partial charge is 0.251 e. The van der Waals surface area contributed by atoms with Crippen molar-refractivity contribution in [2.45, 2.75) is 31.3 Å². The first kappa shape index (κ1) is 13.7. The average molecular weight is 256 g/mol. The number of nitrogens with two attached hydrogens (primary N) is 1. The molecule has 1 aromatic rings. The number of H-pyrrole nitrogens is 1. The van der Waals surface area contributed by atoms with Crippen LogP contribution in [0.15, 0.2) is 16.0 Å². The van der Waals surface area contributed by atoms with Crippen molar-refractivity contribution >= 4 is 17.7 Å². The molecule has 0 bridgehead atoms. The fraction of sp³-hybridized carbons (Fsp3) is 0.500. The molecule has 1 rings (SSSR count). The van der Waals surface area contributed by atoms with Gasteiger partial charge in [0.2, 0.25) is 5.91 Å². The number of aromatic nitrogens is 2. The van der Waals surface area contributed by atoms with E-state index in [0.29, 0.717) is 17.3 Å². The number of thioether (sulfide) groups is 1. The summed E-state index contributed by atoms with van der Waals surface area (Å²) < 4.78 is 0. The Bertz CT molecular complexity index is 433. The summed E-state index contributed by atoms with van der Waals surface area (Å²) in [6.45, 7) is 2.03. The predicted octanol–water partition coefficient (Wildman–Crippen LogP) is 0.195. The second-order valence-electron chi connectivity index (χ2n) is 3.46. The van der Waals surface area contributed by atoms with E-state index in [-0.39, 0.29) is 11.5 Å². The lowest BCUT2D eigenvalue weighted by molar-refractivity contribution is -0.120. The third-order valence-corrected chi connectivity index (χ3v) is 2.88. The van der Waals surface area contributed by atoms with Gasteiger partial charge in [0, 0.05) is 23.9 Å². The number of carbonyl (C=O) groups excluding carboxylic acids is 1. The van der Waals surface area contributed by atoms with Gasteiger partial charge >= 0.3 is 0 Å². The predicted molar refractivity (Wildman–Crippen MR) is 66.5 cm³/mol. The van der Waals surface area contributed by atoms with E-state index in [2.05, 4.69) is 9.97 Å². The van der Waals surface area contributed by atoms with E-state index in [9.17, 15) is 9.59 Å². The molecule has 0 aliphatic carbocycles. The molecule has 6 nitrogen and oxygen atoms in total. The van der Waals surface area contributed by atoms with Gasteiger partial charge < -0.3 is 4.98 Å². The summed E-state index contributed by atoms with van der Waals surface area (Å²) in [5.74, 6) is 5.25. The van der Waals surface area contributed by atoms with Crippen LogP contribution in [0.4, 0.5) is 0 Å². The summed E-state index contributed by atoms with van der Waals surface area (Å²) in [5, 5.41) is 0.547. The van der Waals surface area contributed by atoms with E-state index < -0.39 is 0 Å². The van der Waals surface area contributed by atoms with Crippen molar-refractivity contribution in [2.24, 2.45) is 5.84 Å². The van der Waals surface area contributed by atoms with Crippen molar-refractivity contribution in [3.05, 3.63) is 22.1 Å². The molecule has 94 valence electrons. The molecule has 4 N–H and O–H groups in total. The highest BCUT2D eigenvalue weighted by molar-refractivity contribution is 7.99. The van der Waals surface area contributed by atoms with Crippen molar-refractivity contribution in [3.63, 3.8) is 0 Å². The summed E-state index contributed by atoms with van der Waals surface area (Å²) in [4.78, 5) is 29.1. The van der Waals surface area contributed by atoms with Gasteiger partial charge in [-0.2, -0.15) is 0 Å². The van der Waals surface area contributed by atoms with Gasteiger partial charge in [0.25, 0.3) is 5.56 Å². The van der Waals surface area contributed by atoms with Crippen LogP contribution < -0.4 is 16.8 Å². The number of aryl methyl sites for hydroxylation is 1. The summed E-state index contributed by atoms with van der Waals surface area (Å²) in [5.41, 5.74) is 2.67. The molecule has 0 spiro atoms. The molecule has 0 atom stereocenters. The van der Waals surface area contributed by atoms with Crippen molar-refractivity contribution in [1.29, 1.82) is 0 Å². The molecule has 0 fully saturated rings. The van der Waals surface area contributed by atoms with Crippen molar-refractivity contribution in [2.75, 3.05) is 5.75 Å². The largest absolute Gasteiger partial charge is 0.301 e. The Morgan fingerprint density at radius 3 is 3.06 bits per heavy atom. The van der Waals surface area contributed by atoms with Crippen LogP contribution in [0.5, 0.6) is 0 Å². The summed E-state index contributed by atoms with van der Waals surface area (Å²) in [6.07, 6.45) is 2.01. The van der Waals surface area contributed by atoms with Gasteiger partial charge in [-0.15, -0.1) is 0 Å². The highest BCUT2D eigenvalue weighted by atomic mass is 32.2. The Hall–Kier alpha value is -1.34. The maximum Gasteiger partial charge on any atom is 0.251 e. The molecule has 1 amide bonds. The lowest BCUT2D eigenvalue weighted by Gasteiger charge is -2.02. The van der Waals surface area contributed by atoms with Crippen LogP contribution >= 0.6 is 11.8 Å². The van der Waals surface area contributed by atoms with Gasteiger partial charge in [0.15, 0.2) is 5.16 Å². The Kier molecular flexibility index (Phi) is 5.71. The first-order valence-electron chi connectivity index (χ1n) is 5.38. The Morgan fingerprint density at radius 1 is 1.65 bits per heavy atom. The van der Waals surface area contributed by atoms with E-state index in [1.807, 2.05) is 12.3 Å². The van der Waals surface area contributed by atoms with Crippen LogP contribution in [0.1, 0.15) is 25.5 Å². The zero-order valence-electron chi connectivity index (χ0n) is 9.66. The van der Waals surface area contributed by atoms with Crippen LogP contribution in [0.3, 0.4) is 0 Å². The van der Waals surface area contributed by atoms with Crippen LogP contribution in [0, 0.1) is 0 Å². The Balaban J connectivity index is 2.58. The number of carbonyl (C=O) groups is 1. The molecule has 0 unspecified atom stereocenters. The molecule has 0 saturated heterocycles. The van der Waals surface area contributed by atoms with Gasteiger partial charge in [-0.05, 0) is 6.42 Å². The minimum atomic E-state index is -0.232. The van der Waals surface area contributed by atoms with Crippen molar-refractivity contribution < 1.29 is 4.79 Å². The van der Waals surface area contributed by atoms with Crippen LogP contribution in [0.25, 0.3) is 0 Å². The fourth-order valence-corrected chi connectivity index (χ4v) is 2.08. The van der Waals surface area contributed by atoms with Gasteiger partial charge in [-0.1, -0.05) is 25.1 Å². The van der Waals surface area contributed by atoms with Gasteiger partial charge in [-0.25, -0.2) is 10.8 Å². The van der Waals surface area contributed by atoms with E-state index in [4.69, 9.17) is 5.84 Å². The lowest BCUT2D eigenvalue weighted by atomic mass is 10.2. The van der Waals surface area contributed by atoms with Gasteiger partial charge in [-0.3, -0.25) is 15.0 Å². The highest BCUT2D eigenvalue weighted by Crippen LogP contribution is 2.12. The number of hydrazine groups is 1. The molecule has 7 heteroatoms. The molecule has 0 saturated carbocycles. The van der Waals surface area contributed by atoms with Crippen LogP contribution in [0.2, 0.25) is 0 Å². The van der Waals surface area contributed by atoms with Crippen molar-refractivity contribution in [3.8, 4) is 0 Å². The zero-order valence-corrected chi connectivity index (χ0v) is 10.5. The molecule has 1 heterocycles. The first-order valence-corrected chi connectivity index (χ1v) is 6.36. The third kappa shape index (κ3) is 5.01. The maximum absolute atomic E-state index is 11.3. The third-order valence-electron chi connectivity index (χ3n) is 2.01. The lowest BCUT2D eigenvalue weighted by Crippen LogP contribution is -2.30. The van der Waals surface area contributed by atoms with Gasteiger partial charge in [0.1, 0.15) is 0 Å². The Labute approximate surface area is 103 Å². The number of hydrogen-bond acceptors (Lipinski definition) is 5. The fourth-order valence-electron chi connectivity index (χ4n) is 1.25. The number of hydrogen-bond donors (Lipinski definition) is 3. The van der Waals surface area contributed by atoms with E-state index in [0.717, 1.165) is 18.5 Å². The molecule has 0 aromatic carbocycles. The van der Waals surface area contributed by atoms with E-state index in [1.54, 1.807) is 0 Å². The second-order valence-corrected chi connectivity index (χ2v) is 4.54.